The number of nitrogens with zero attached hydrogens (tertiary/aromatic N) is 4. The molecule has 0 saturated heterocycles. The zero-order valence-corrected chi connectivity index (χ0v) is 13.3. The summed E-state index contributed by atoms with van der Waals surface area (Å²) in [5.41, 5.74) is 4.15. The van der Waals surface area contributed by atoms with E-state index >= 15 is 0 Å². The first-order valence-electron chi connectivity index (χ1n) is 7.68. The number of aromatic nitrogens is 3. The Balaban J connectivity index is 2.06. The Bertz CT molecular complexity index is 1050. The summed E-state index contributed by atoms with van der Waals surface area (Å²) in [6.45, 7) is 3.75. The van der Waals surface area contributed by atoms with E-state index in [1.54, 1.807) is 6.20 Å². The van der Waals surface area contributed by atoms with Crippen LogP contribution in [0.3, 0.4) is 0 Å². The molecule has 0 bridgehead atoms. The van der Waals surface area contributed by atoms with Crippen molar-refractivity contribution in [2.24, 2.45) is 0 Å². The zero-order valence-electron chi connectivity index (χ0n) is 13.3. The van der Waals surface area contributed by atoms with Crippen LogP contribution >= 0.6 is 0 Å². The molecule has 1 aromatic carbocycles. The van der Waals surface area contributed by atoms with E-state index in [-0.39, 0.29) is 5.91 Å². The number of carbonyl (C=O) groups excluding carboxylic acids is 1. The molecule has 3 heterocycles. The van der Waals surface area contributed by atoms with E-state index in [4.69, 9.17) is 0 Å². The summed E-state index contributed by atoms with van der Waals surface area (Å²) in [6.07, 6.45) is 1.66. The van der Waals surface area contributed by atoms with E-state index in [1.807, 2.05) is 50.2 Å². The lowest BCUT2D eigenvalue weighted by Gasteiger charge is -2.24. The van der Waals surface area contributed by atoms with Crippen LogP contribution in [-0.4, -0.2) is 20.4 Å². The Morgan fingerprint density at radius 1 is 1.17 bits per heavy atom. The van der Waals surface area contributed by atoms with E-state index in [1.165, 1.54) is 4.57 Å². The molecule has 116 valence electrons. The average Bonchev–Trinajstić information content (AvgIpc) is 2.97. The Kier molecular flexibility index (Phi) is 3.07. The van der Waals surface area contributed by atoms with Gasteiger partial charge in [-0.2, -0.15) is 5.26 Å². The van der Waals surface area contributed by atoms with E-state index < -0.39 is 5.92 Å². The first-order chi connectivity index (χ1) is 11.6. The first kappa shape index (κ1) is 14.3. The summed E-state index contributed by atoms with van der Waals surface area (Å²) in [4.78, 5) is 22.1. The van der Waals surface area contributed by atoms with Gasteiger partial charge in [-0.1, -0.05) is 30.3 Å². The van der Waals surface area contributed by atoms with Crippen LogP contribution in [0.25, 0.3) is 16.7 Å². The maximum atomic E-state index is 13.2. The van der Waals surface area contributed by atoms with Gasteiger partial charge < -0.3 is 0 Å². The normalized spacial score (nSPS) is 17.0. The van der Waals surface area contributed by atoms with E-state index in [0.717, 1.165) is 16.7 Å². The molecular formula is C19H14N4O. The molecule has 1 aliphatic rings. The summed E-state index contributed by atoms with van der Waals surface area (Å²) >= 11 is 0. The monoisotopic (exact) mass is 314 g/mol. The molecule has 0 saturated carbocycles. The number of rotatable bonds is 1. The highest BCUT2D eigenvalue weighted by atomic mass is 16.2. The minimum atomic E-state index is -0.493. The van der Waals surface area contributed by atoms with Crippen molar-refractivity contribution in [1.29, 1.82) is 5.26 Å². The van der Waals surface area contributed by atoms with E-state index in [9.17, 15) is 10.1 Å². The van der Waals surface area contributed by atoms with Gasteiger partial charge >= 0.3 is 0 Å². The molecule has 1 aliphatic heterocycles. The van der Waals surface area contributed by atoms with Crippen molar-refractivity contribution in [2.45, 2.75) is 19.8 Å². The van der Waals surface area contributed by atoms with Crippen LogP contribution in [0.5, 0.6) is 0 Å². The number of hydrogen-bond acceptors (Lipinski definition) is 4. The number of nitriles is 1. The van der Waals surface area contributed by atoms with Crippen LogP contribution < -0.4 is 0 Å². The maximum Gasteiger partial charge on any atom is 0.245 e. The molecule has 0 spiro atoms. The van der Waals surface area contributed by atoms with Gasteiger partial charge in [-0.15, -0.1) is 0 Å². The van der Waals surface area contributed by atoms with Crippen molar-refractivity contribution < 1.29 is 4.79 Å². The number of allylic oxidation sites excluding steroid dienone is 2. The van der Waals surface area contributed by atoms with Gasteiger partial charge in [0.05, 0.1) is 11.5 Å². The van der Waals surface area contributed by atoms with E-state index in [0.29, 0.717) is 22.6 Å². The number of fused-ring (bicyclic) bond motifs is 3. The topological polar surface area (TPSA) is 71.6 Å². The number of pyridine rings is 1. The average molecular weight is 314 g/mol. The molecule has 0 radical (unpaired) electrons. The standard InChI is InChI=1S/C19H14N4O/c1-11-8-9-21-18-16(11)22-17-14(10-20)12(2)15(19(24)23(17)18)13-6-4-3-5-7-13/h3-9,15H,1-2H3. The summed E-state index contributed by atoms with van der Waals surface area (Å²) < 4.78 is 1.49. The van der Waals surface area contributed by atoms with Gasteiger partial charge in [-0.05, 0) is 36.6 Å². The molecule has 0 amide bonds. The van der Waals surface area contributed by atoms with Crippen molar-refractivity contribution in [1.82, 2.24) is 14.5 Å². The third-order valence-electron chi connectivity index (χ3n) is 4.51. The lowest BCUT2D eigenvalue weighted by Crippen LogP contribution is -2.27. The van der Waals surface area contributed by atoms with Gasteiger partial charge in [0.25, 0.3) is 0 Å². The number of hydrogen-bond donors (Lipinski definition) is 0. The van der Waals surface area contributed by atoms with Crippen LogP contribution in [0.2, 0.25) is 0 Å². The molecule has 3 aromatic rings. The van der Waals surface area contributed by atoms with Gasteiger partial charge in [0.15, 0.2) is 11.5 Å². The highest BCUT2D eigenvalue weighted by molar-refractivity contribution is 6.03. The quantitative estimate of drug-likeness (QED) is 0.689. The first-order valence-corrected chi connectivity index (χ1v) is 7.68. The third-order valence-corrected chi connectivity index (χ3v) is 4.51. The molecule has 1 unspecified atom stereocenters. The van der Waals surface area contributed by atoms with Gasteiger partial charge in [-0.25, -0.2) is 14.5 Å². The number of benzene rings is 1. The fourth-order valence-electron chi connectivity index (χ4n) is 3.28. The maximum absolute atomic E-state index is 13.2. The predicted octanol–water partition coefficient (Wildman–Crippen LogP) is 3.47. The molecule has 0 N–H and O–H groups in total. The second kappa shape index (κ2) is 5.14. The number of aryl methyl sites for hydroxylation is 1. The number of imidazole rings is 1. The van der Waals surface area contributed by atoms with Crippen LogP contribution in [0.1, 0.15) is 34.6 Å². The Morgan fingerprint density at radius 2 is 1.92 bits per heavy atom. The van der Waals surface area contributed by atoms with Gasteiger partial charge in [0, 0.05) is 6.20 Å². The van der Waals surface area contributed by atoms with Crippen LogP contribution in [-0.2, 0) is 0 Å². The van der Waals surface area contributed by atoms with Crippen molar-refractivity contribution in [2.75, 3.05) is 0 Å². The lowest BCUT2D eigenvalue weighted by atomic mass is 9.86. The zero-order chi connectivity index (χ0) is 16.8. The van der Waals surface area contributed by atoms with Crippen molar-refractivity contribution in [3.8, 4) is 6.07 Å². The minimum Gasteiger partial charge on any atom is -0.273 e. The molecule has 5 nitrogen and oxygen atoms in total. The van der Waals surface area contributed by atoms with Gasteiger partial charge in [0.2, 0.25) is 5.91 Å². The third kappa shape index (κ3) is 1.83. The van der Waals surface area contributed by atoms with Gasteiger partial charge in [0.1, 0.15) is 11.6 Å². The summed E-state index contributed by atoms with van der Waals surface area (Å²) in [5.74, 6) is -0.217. The van der Waals surface area contributed by atoms with E-state index in [2.05, 4.69) is 16.0 Å². The van der Waals surface area contributed by atoms with Crippen molar-refractivity contribution >= 4 is 22.6 Å². The predicted molar refractivity (Wildman–Crippen MR) is 90.3 cm³/mol. The highest BCUT2D eigenvalue weighted by Gasteiger charge is 2.36. The fourth-order valence-corrected chi connectivity index (χ4v) is 3.28. The van der Waals surface area contributed by atoms with Crippen molar-refractivity contribution in [3.05, 3.63) is 65.1 Å². The summed E-state index contributed by atoms with van der Waals surface area (Å²) in [6, 6.07) is 13.6. The second-order valence-corrected chi connectivity index (χ2v) is 5.92. The minimum absolute atomic E-state index is 0.117. The second-order valence-electron chi connectivity index (χ2n) is 5.92. The SMILES string of the molecule is CC1=C(C#N)c2nc3c(C)ccnc3n2C(=O)C1c1ccccc1. The summed E-state index contributed by atoms with van der Waals surface area (Å²) in [7, 11) is 0. The van der Waals surface area contributed by atoms with Crippen LogP contribution in [0, 0.1) is 18.3 Å². The molecule has 2 aromatic heterocycles. The van der Waals surface area contributed by atoms with Crippen molar-refractivity contribution in [3.63, 3.8) is 0 Å². The Morgan fingerprint density at radius 3 is 2.62 bits per heavy atom. The smallest absolute Gasteiger partial charge is 0.245 e. The largest absolute Gasteiger partial charge is 0.273 e. The fraction of sp³-hybridized carbons (Fsp3) is 0.158. The Hall–Kier alpha value is -3.26. The Labute approximate surface area is 138 Å². The van der Waals surface area contributed by atoms with Crippen LogP contribution in [0.4, 0.5) is 0 Å². The lowest BCUT2D eigenvalue weighted by molar-refractivity contribution is 0.0891. The van der Waals surface area contributed by atoms with Crippen LogP contribution in [0.15, 0.2) is 48.2 Å². The highest BCUT2D eigenvalue weighted by Crippen LogP contribution is 2.38. The van der Waals surface area contributed by atoms with Gasteiger partial charge in [-0.3, -0.25) is 4.79 Å². The molecule has 0 aliphatic carbocycles. The molecular weight excluding hydrogens is 300 g/mol. The number of carbonyl (C=O) groups is 1. The summed E-state index contributed by atoms with van der Waals surface area (Å²) in [5, 5.41) is 9.66. The molecule has 0 fully saturated rings. The molecule has 24 heavy (non-hydrogen) atoms. The molecule has 4 rings (SSSR count). The molecule has 5 heteroatoms. The molecule has 1 atom stereocenters.